The summed E-state index contributed by atoms with van der Waals surface area (Å²) < 4.78 is 35.9. The van der Waals surface area contributed by atoms with E-state index in [1.165, 1.54) is 30.3 Å². The van der Waals surface area contributed by atoms with Gasteiger partial charge in [-0.05, 0) is 51.0 Å². The van der Waals surface area contributed by atoms with E-state index in [1.54, 1.807) is 30.9 Å². The lowest BCUT2D eigenvalue weighted by molar-refractivity contribution is -0.151. The quantitative estimate of drug-likeness (QED) is 0.465. The number of hydrogen-bond acceptors (Lipinski definition) is 7. The molecule has 3 aromatic rings. The summed E-state index contributed by atoms with van der Waals surface area (Å²) in [7, 11) is 0. The molecular formula is C26H26FNO7. The van der Waals surface area contributed by atoms with Crippen LogP contribution in [0.25, 0.3) is 11.0 Å². The Morgan fingerprint density at radius 2 is 2.00 bits per heavy atom. The van der Waals surface area contributed by atoms with Gasteiger partial charge in [-0.3, -0.25) is 14.4 Å². The van der Waals surface area contributed by atoms with Gasteiger partial charge < -0.3 is 23.5 Å². The number of nitrogens with zero attached hydrogens (tertiary/aromatic N) is 1. The first kappa shape index (κ1) is 24.3. The lowest BCUT2D eigenvalue weighted by Crippen LogP contribution is -2.44. The summed E-state index contributed by atoms with van der Waals surface area (Å²) in [4.78, 5) is 39.2. The number of para-hydroxylation sites is 1. The number of carbonyl (C=O) groups is 2. The third-order valence-electron chi connectivity index (χ3n) is 5.79. The second kappa shape index (κ2) is 10.6. The van der Waals surface area contributed by atoms with E-state index in [4.69, 9.17) is 18.6 Å². The second-order valence-corrected chi connectivity index (χ2v) is 8.23. The van der Waals surface area contributed by atoms with Crippen molar-refractivity contribution < 1.29 is 32.6 Å². The molecule has 2 heterocycles. The highest BCUT2D eigenvalue weighted by Gasteiger charge is 2.29. The molecule has 2 aromatic carbocycles. The molecule has 1 aromatic heterocycles. The Labute approximate surface area is 201 Å². The number of fused-ring (bicyclic) bond motifs is 1. The average Bonchev–Trinajstić information content (AvgIpc) is 2.86. The van der Waals surface area contributed by atoms with Crippen molar-refractivity contribution in [2.24, 2.45) is 5.92 Å². The maximum absolute atomic E-state index is 14.0. The molecule has 4 rings (SSSR count). The molecule has 1 atom stereocenters. The van der Waals surface area contributed by atoms with E-state index < -0.39 is 11.2 Å². The van der Waals surface area contributed by atoms with Gasteiger partial charge in [-0.25, -0.2) is 4.39 Å². The van der Waals surface area contributed by atoms with Crippen molar-refractivity contribution >= 4 is 22.8 Å². The molecule has 8 nitrogen and oxygen atoms in total. The molecule has 0 N–H and O–H groups in total. The molecule has 0 saturated carbocycles. The lowest BCUT2D eigenvalue weighted by Gasteiger charge is -2.31. The lowest BCUT2D eigenvalue weighted by atomic mass is 9.98. The zero-order chi connectivity index (χ0) is 24.9. The van der Waals surface area contributed by atoms with Crippen LogP contribution < -0.4 is 14.9 Å². The highest BCUT2D eigenvalue weighted by Crippen LogP contribution is 2.28. The number of piperidine rings is 1. The van der Waals surface area contributed by atoms with E-state index >= 15 is 0 Å². The normalized spacial score (nSPS) is 15.6. The van der Waals surface area contributed by atoms with Crippen LogP contribution in [0.5, 0.6) is 17.2 Å². The van der Waals surface area contributed by atoms with E-state index in [2.05, 4.69) is 0 Å². The fraction of sp³-hybridized carbons (Fsp3) is 0.346. The predicted molar refractivity (Wildman–Crippen MR) is 125 cm³/mol. The van der Waals surface area contributed by atoms with Gasteiger partial charge in [0, 0.05) is 19.2 Å². The highest BCUT2D eigenvalue weighted by molar-refractivity contribution is 5.81. The van der Waals surface area contributed by atoms with Crippen molar-refractivity contribution in [3.05, 3.63) is 64.3 Å². The topological polar surface area (TPSA) is 95.3 Å². The Morgan fingerprint density at radius 3 is 2.77 bits per heavy atom. The van der Waals surface area contributed by atoms with E-state index in [-0.39, 0.29) is 52.6 Å². The third kappa shape index (κ3) is 5.45. The maximum atomic E-state index is 14.0. The number of carbonyl (C=O) groups excluding carboxylic acids is 2. The van der Waals surface area contributed by atoms with Crippen molar-refractivity contribution in [3.63, 3.8) is 0 Å². The maximum Gasteiger partial charge on any atom is 0.310 e. The fourth-order valence-corrected chi connectivity index (χ4v) is 4.01. The zero-order valence-corrected chi connectivity index (χ0v) is 19.5. The van der Waals surface area contributed by atoms with Crippen LogP contribution in [0.3, 0.4) is 0 Å². The van der Waals surface area contributed by atoms with Crippen LogP contribution >= 0.6 is 0 Å². The summed E-state index contributed by atoms with van der Waals surface area (Å²) in [5, 5.41) is 0.230. The van der Waals surface area contributed by atoms with Crippen LogP contribution in [0.1, 0.15) is 25.5 Å². The van der Waals surface area contributed by atoms with Gasteiger partial charge in [0.2, 0.25) is 11.2 Å². The Kier molecular flexibility index (Phi) is 7.33. The minimum atomic E-state index is -0.595. The number of benzene rings is 2. The molecule has 1 aliphatic heterocycles. The van der Waals surface area contributed by atoms with Crippen molar-refractivity contribution in [2.75, 3.05) is 26.3 Å². The number of halogens is 1. The molecule has 0 aliphatic carbocycles. The van der Waals surface area contributed by atoms with Crippen LogP contribution in [-0.4, -0.2) is 43.1 Å². The average molecular weight is 483 g/mol. The summed E-state index contributed by atoms with van der Waals surface area (Å²) in [6.07, 6.45) is 1.40. The first-order valence-corrected chi connectivity index (χ1v) is 11.4. The molecule has 1 aliphatic rings. The number of ether oxygens (including phenoxy) is 3. The third-order valence-corrected chi connectivity index (χ3v) is 5.79. The van der Waals surface area contributed by atoms with Gasteiger partial charge in [0.1, 0.15) is 17.1 Å². The first-order valence-electron chi connectivity index (χ1n) is 11.4. The minimum Gasteiger partial charge on any atom is -0.484 e. The monoisotopic (exact) mass is 483 g/mol. The fourth-order valence-electron chi connectivity index (χ4n) is 4.01. The Balaban J connectivity index is 1.45. The molecule has 184 valence electrons. The summed E-state index contributed by atoms with van der Waals surface area (Å²) in [6.45, 7) is 4.23. The Morgan fingerprint density at radius 1 is 1.20 bits per heavy atom. The van der Waals surface area contributed by atoms with Crippen molar-refractivity contribution in [3.8, 4) is 17.2 Å². The second-order valence-electron chi connectivity index (χ2n) is 8.23. The van der Waals surface area contributed by atoms with Crippen molar-refractivity contribution in [1.82, 2.24) is 4.90 Å². The van der Waals surface area contributed by atoms with Crippen LogP contribution in [0, 0.1) is 18.7 Å². The summed E-state index contributed by atoms with van der Waals surface area (Å²) in [5.74, 6) is -1.12. The molecule has 0 spiro atoms. The number of esters is 1. The minimum absolute atomic E-state index is 0.0800. The van der Waals surface area contributed by atoms with Crippen LogP contribution in [0.15, 0.2) is 51.7 Å². The van der Waals surface area contributed by atoms with Crippen molar-refractivity contribution in [2.45, 2.75) is 26.7 Å². The predicted octanol–water partition coefficient (Wildman–Crippen LogP) is 4.21. The molecule has 1 amide bonds. The number of likely N-dealkylation sites (tertiary alicyclic amines) is 1. The van der Waals surface area contributed by atoms with E-state index in [0.29, 0.717) is 38.3 Å². The Hall–Kier alpha value is -3.88. The molecule has 9 heteroatoms. The van der Waals surface area contributed by atoms with Gasteiger partial charge in [0.15, 0.2) is 18.2 Å². The molecule has 0 unspecified atom stereocenters. The van der Waals surface area contributed by atoms with E-state index in [0.717, 1.165) is 0 Å². The molecule has 35 heavy (non-hydrogen) atoms. The molecule has 0 radical (unpaired) electrons. The van der Waals surface area contributed by atoms with Gasteiger partial charge in [0.25, 0.3) is 5.91 Å². The SMILES string of the molecule is CCOC(=O)[C@@H]1CCCN(C(=O)COc2ccc3c(=O)c(Oc4ccccc4F)c(C)oc3c2)C1. The Bertz CT molecular complexity index is 1300. The van der Waals surface area contributed by atoms with Gasteiger partial charge in [-0.2, -0.15) is 0 Å². The summed E-state index contributed by atoms with van der Waals surface area (Å²) in [6, 6.07) is 10.3. The van der Waals surface area contributed by atoms with Gasteiger partial charge >= 0.3 is 5.97 Å². The van der Waals surface area contributed by atoms with Crippen LogP contribution in [0.4, 0.5) is 4.39 Å². The molecular weight excluding hydrogens is 457 g/mol. The number of aryl methyl sites for hydroxylation is 1. The number of amides is 1. The van der Waals surface area contributed by atoms with Crippen molar-refractivity contribution in [1.29, 1.82) is 0 Å². The smallest absolute Gasteiger partial charge is 0.310 e. The standard InChI is InChI=1S/C26H26FNO7/c1-3-32-26(31)17-7-6-12-28(14-17)23(29)15-33-18-10-11-19-22(13-18)34-16(2)25(24(19)30)35-21-9-5-4-8-20(21)27/h4-5,8-11,13,17H,3,6-7,12,14-15H2,1-2H3/t17-/m1/s1. The number of rotatable bonds is 7. The highest BCUT2D eigenvalue weighted by atomic mass is 19.1. The van der Waals surface area contributed by atoms with Gasteiger partial charge in [-0.1, -0.05) is 12.1 Å². The van der Waals surface area contributed by atoms with Gasteiger partial charge in [0.05, 0.1) is 17.9 Å². The number of hydrogen-bond donors (Lipinski definition) is 0. The van der Waals surface area contributed by atoms with E-state index in [9.17, 15) is 18.8 Å². The van der Waals surface area contributed by atoms with Crippen LogP contribution in [0.2, 0.25) is 0 Å². The van der Waals surface area contributed by atoms with Crippen LogP contribution in [-0.2, 0) is 14.3 Å². The van der Waals surface area contributed by atoms with Gasteiger partial charge in [-0.15, -0.1) is 0 Å². The zero-order valence-electron chi connectivity index (χ0n) is 19.5. The molecule has 1 saturated heterocycles. The summed E-state index contributed by atoms with van der Waals surface area (Å²) >= 11 is 0. The summed E-state index contributed by atoms with van der Waals surface area (Å²) in [5.41, 5.74) is -0.202. The molecule has 0 bridgehead atoms. The first-order chi connectivity index (χ1) is 16.9. The van der Waals surface area contributed by atoms with E-state index in [1.807, 2.05) is 0 Å². The largest absolute Gasteiger partial charge is 0.484 e. The molecule has 1 fully saturated rings.